The Bertz CT molecular complexity index is 1360. The van der Waals surface area contributed by atoms with Gasteiger partial charge in [-0.3, -0.25) is 4.79 Å². The molecule has 0 heterocycles. The third-order valence-electron chi connectivity index (χ3n) is 7.92. The van der Waals surface area contributed by atoms with Crippen molar-refractivity contribution in [1.29, 1.82) is 0 Å². The number of amides is 1. The maximum absolute atomic E-state index is 13.7. The van der Waals surface area contributed by atoms with E-state index in [1.807, 2.05) is 36.1 Å². The zero-order valence-corrected chi connectivity index (χ0v) is 23.5. The lowest BCUT2D eigenvalue weighted by molar-refractivity contribution is -0.138. The zero-order chi connectivity index (χ0) is 28.5. The number of aryl methyl sites for hydroxylation is 1. The van der Waals surface area contributed by atoms with Crippen LogP contribution < -0.4 is 0 Å². The van der Waals surface area contributed by atoms with E-state index in [2.05, 4.69) is 43.0 Å². The Labute approximate surface area is 237 Å². The van der Waals surface area contributed by atoms with Gasteiger partial charge in [0.05, 0.1) is 0 Å². The van der Waals surface area contributed by atoms with Crippen molar-refractivity contribution < 1.29 is 19.8 Å². The van der Waals surface area contributed by atoms with Gasteiger partial charge >= 0.3 is 5.97 Å². The molecule has 1 atom stereocenters. The molecule has 0 aromatic heterocycles. The molecule has 5 nitrogen and oxygen atoms in total. The van der Waals surface area contributed by atoms with Crippen LogP contribution in [-0.4, -0.2) is 27.0 Å². The fourth-order valence-electron chi connectivity index (χ4n) is 5.43. The Morgan fingerprint density at radius 2 is 1.43 bits per heavy atom. The van der Waals surface area contributed by atoms with E-state index in [9.17, 15) is 19.8 Å². The highest BCUT2D eigenvalue weighted by Crippen LogP contribution is 2.33. The van der Waals surface area contributed by atoms with Gasteiger partial charge in [-0.2, -0.15) is 0 Å². The number of unbranched alkanes of at least 4 members (excludes halogenated alkanes) is 1. The molecule has 0 saturated heterocycles. The van der Waals surface area contributed by atoms with E-state index in [4.69, 9.17) is 0 Å². The van der Waals surface area contributed by atoms with Crippen LogP contribution >= 0.6 is 0 Å². The number of carboxylic acids is 1. The molecule has 1 fully saturated rings. The van der Waals surface area contributed by atoms with Crippen molar-refractivity contribution >= 4 is 11.9 Å². The van der Waals surface area contributed by atoms with Crippen LogP contribution in [0.1, 0.15) is 90.5 Å². The molecule has 3 aromatic rings. The van der Waals surface area contributed by atoms with Gasteiger partial charge in [-0.1, -0.05) is 75.3 Å². The molecular weight excluding hydrogens is 498 g/mol. The number of carbonyl (C=O) groups excluding carboxylic acids is 1. The van der Waals surface area contributed by atoms with Gasteiger partial charge in [-0.25, -0.2) is 4.79 Å². The molecule has 2 N–H and O–H groups in total. The van der Waals surface area contributed by atoms with E-state index in [1.54, 1.807) is 6.07 Å². The minimum atomic E-state index is -1.19. The summed E-state index contributed by atoms with van der Waals surface area (Å²) in [4.78, 5) is 27.0. The number of phenols is 1. The standard InChI is InChI=1S/C35H39NO4/c1-3-4-7-26-10-12-27(13-11-26)14-15-28-16-18-29(19-17-28)23-36(34(38)25(2)31-8-5-6-9-31)24-30-20-21-33(37)32(22-30)35(39)40/h10-13,16-22,25,31,37H,3-9,23-24H2,1-2H3,(H,39,40). The Hall–Kier alpha value is -4.04. The lowest BCUT2D eigenvalue weighted by atomic mass is 9.91. The summed E-state index contributed by atoms with van der Waals surface area (Å²) in [6.07, 6.45) is 7.93. The van der Waals surface area contributed by atoms with Gasteiger partial charge in [-0.15, -0.1) is 0 Å². The van der Waals surface area contributed by atoms with E-state index >= 15 is 0 Å². The highest BCUT2D eigenvalue weighted by atomic mass is 16.4. The summed E-state index contributed by atoms with van der Waals surface area (Å²) in [7, 11) is 0. The molecule has 0 radical (unpaired) electrons. The average Bonchev–Trinajstić information content (AvgIpc) is 3.51. The van der Waals surface area contributed by atoms with Gasteiger partial charge in [-0.05, 0) is 84.7 Å². The SMILES string of the molecule is CCCCc1ccc(C#Cc2ccc(CN(Cc3ccc(O)c(C(=O)O)c3)C(=O)C(C)C3CCCC3)cc2)cc1. The molecule has 1 saturated carbocycles. The third kappa shape index (κ3) is 7.76. The molecule has 0 bridgehead atoms. The van der Waals surface area contributed by atoms with Crippen LogP contribution in [0.4, 0.5) is 0 Å². The van der Waals surface area contributed by atoms with Crippen molar-refractivity contribution in [3.8, 4) is 17.6 Å². The van der Waals surface area contributed by atoms with E-state index in [1.165, 1.54) is 30.5 Å². The highest BCUT2D eigenvalue weighted by molar-refractivity contribution is 5.91. The number of carboxylic acid groups (broad SMARTS) is 1. The Balaban J connectivity index is 1.49. The summed E-state index contributed by atoms with van der Waals surface area (Å²) in [6, 6.07) is 20.9. The Morgan fingerprint density at radius 1 is 0.875 bits per heavy atom. The maximum atomic E-state index is 13.7. The second-order valence-electron chi connectivity index (χ2n) is 10.9. The maximum Gasteiger partial charge on any atom is 0.339 e. The zero-order valence-electron chi connectivity index (χ0n) is 23.5. The summed E-state index contributed by atoms with van der Waals surface area (Å²) in [5, 5.41) is 19.4. The van der Waals surface area contributed by atoms with Crippen molar-refractivity contribution in [2.45, 2.75) is 71.9 Å². The van der Waals surface area contributed by atoms with Gasteiger partial charge in [0.15, 0.2) is 0 Å². The van der Waals surface area contributed by atoms with Crippen LogP contribution in [0.3, 0.4) is 0 Å². The largest absolute Gasteiger partial charge is 0.507 e. The second-order valence-corrected chi connectivity index (χ2v) is 10.9. The first kappa shape index (κ1) is 29.0. The number of carbonyl (C=O) groups is 2. The predicted molar refractivity (Wildman–Crippen MR) is 158 cm³/mol. The lowest BCUT2D eigenvalue weighted by Crippen LogP contribution is -2.36. The molecule has 40 heavy (non-hydrogen) atoms. The third-order valence-corrected chi connectivity index (χ3v) is 7.92. The van der Waals surface area contributed by atoms with Crippen molar-refractivity contribution in [2.24, 2.45) is 11.8 Å². The van der Waals surface area contributed by atoms with Crippen molar-refractivity contribution in [2.75, 3.05) is 0 Å². The van der Waals surface area contributed by atoms with Gasteiger partial charge in [0.25, 0.3) is 0 Å². The number of aromatic hydroxyl groups is 1. The predicted octanol–water partition coefficient (Wildman–Crippen LogP) is 7.19. The Kier molecular flexibility index (Phi) is 10.0. The molecular formula is C35H39NO4. The second kappa shape index (κ2) is 13.8. The molecule has 1 aliphatic carbocycles. The normalized spacial score (nSPS) is 13.8. The number of hydrogen-bond donors (Lipinski definition) is 2. The molecule has 208 valence electrons. The molecule has 5 heteroatoms. The first-order valence-corrected chi connectivity index (χ1v) is 14.4. The smallest absolute Gasteiger partial charge is 0.339 e. The topological polar surface area (TPSA) is 77.8 Å². The molecule has 4 rings (SSSR count). The van der Waals surface area contributed by atoms with Gasteiger partial charge in [0.2, 0.25) is 5.91 Å². The molecule has 0 aliphatic heterocycles. The van der Waals surface area contributed by atoms with Crippen molar-refractivity contribution in [3.63, 3.8) is 0 Å². The molecule has 1 amide bonds. The van der Waals surface area contributed by atoms with E-state index < -0.39 is 5.97 Å². The van der Waals surface area contributed by atoms with Crippen LogP contribution in [0.2, 0.25) is 0 Å². The summed E-state index contributed by atoms with van der Waals surface area (Å²) in [5.74, 6) is 5.35. The number of benzene rings is 3. The average molecular weight is 538 g/mol. The monoisotopic (exact) mass is 537 g/mol. The summed E-state index contributed by atoms with van der Waals surface area (Å²) in [6.45, 7) is 4.89. The lowest BCUT2D eigenvalue weighted by Gasteiger charge is -2.29. The highest BCUT2D eigenvalue weighted by Gasteiger charge is 2.30. The summed E-state index contributed by atoms with van der Waals surface area (Å²) >= 11 is 0. The number of nitrogens with zero attached hydrogens (tertiary/aromatic N) is 1. The van der Waals surface area contributed by atoms with Gasteiger partial charge in [0.1, 0.15) is 11.3 Å². The van der Waals surface area contributed by atoms with Gasteiger partial charge < -0.3 is 15.1 Å². The Morgan fingerprint density at radius 3 is 2.00 bits per heavy atom. The van der Waals surface area contributed by atoms with E-state index in [0.717, 1.165) is 48.8 Å². The minimum Gasteiger partial charge on any atom is -0.507 e. The first-order chi connectivity index (χ1) is 19.3. The number of hydrogen-bond acceptors (Lipinski definition) is 3. The first-order valence-electron chi connectivity index (χ1n) is 14.4. The number of aromatic carboxylic acids is 1. The van der Waals surface area contributed by atoms with Crippen LogP contribution in [0, 0.1) is 23.7 Å². The van der Waals surface area contributed by atoms with Gasteiger partial charge in [0, 0.05) is 30.1 Å². The van der Waals surface area contributed by atoms with E-state index in [0.29, 0.717) is 18.0 Å². The summed E-state index contributed by atoms with van der Waals surface area (Å²) in [5.41, 5.74) is 4.72. The minimum absolute atomic E-state index is 0.0723. The molecule has 0 spiro atoms. The van der Waals surface area contributed by atoms with Crippen LogP contribution in [0.5, 0.6) is 5.75 Å². The molecule has 1 unspecified atom stereocenters. The van der Waals surface area contributed by atoms with Crippen molar-refractivity contribution in [3.05, 3.63) is 100 Å². The molecule has 1 aliphatic rings. The van der Waals surface area contributed by atoms with Crippen molar-refractivity contribution in [1.82, 2.24) is 4.90 Å². The number of rotatable bonds is 10. The fourth-order valence-corrected chi connectivity index (χ4v) is 5.43. The summed E-state index contributed by atoms with van der Waals surface area (Å²) < 4.78 is 0. The quantitative estimate of drug-likeness (QED) is 0.268. The van der Waals surface area contributed by atoms with Crippen LogP contribution in [0.25, 0.3) is 0 Å². The van der Waals surface area contributed by atoms with E-state index in [-0.39, 0.29) is 29.7 Å². The fraction of sp³-hybridized carbons (Fsp3) is 0.371. The van der Waals surface area contributed by atoms with Crippen LogP contribution in [-0.2, 0) is 24.3 Å². The molecule has 3 aromatic carbocycles. The van der Waals surface area contributed by atoms with Crippen LogP contribution in [0.15, 0.2) is 66.7 Å².